The third-order valence-corrected chi connectivity index (χ3v) is 5.20. The van der Waals surface area contributed by atoms with Gasteiger partial charge in [0.2, 0.25) is 10.0 Å². The summed E-state index contributed by atoms with van der Waals surface area (Å²) in [4.78, 5) is -0.329. The Hall–Kier alpha value is -0.980. The lowest BCUT2D eigenvalue weighted by Crippen LogP contribution is -2.45. The highest BCUT2D eigenvalue weighted by molar-refractivity contribution is 7.89. The molecule has 4 nitrogen and oxygen atoms in total. The van der Waals surface area contributed by atoms with Gasteiger partial charge < -0.3 is 5.73 Å². The summed E-state index contributed by atoms with van der Waals surface area (Å²) in [5.74, 6) is -0.431. The molecule has 1 aromatic carbocycles. The average molecular weight is 286 g/mol. The van der Waals surface area contributed by atoms with Crippen molar-refractivity contribution in [2.24, 2.45) is 11.7 Å². The van der Waals surface area contributed by atoms with Gasteiger partial charge in [-0.25, -0.2) is 17.5 Å². The zero-order chi connectivity index (χ0) is 14.3. The standard InChI is InChI=1S/C13H19FN2O2S/c1-13(2,10-4-5-10)16-19(17,18)12-7-9(8-15)3-6-11(12)14/h3,6-7,10,16H,4-5,8,15H2,1-2H3. The van der Waals surface area contributed by atoms with E-state index in [1.807, 2.05) is 13.8 Å². The quantitative estimate of drug-likeness (QED) is 0.866. The van der Waals surface area contributed by atoms with Crippen LogP contribution in [0.4, 0.5) is 4.39 Å². The van der Waals surface area contributed by atoms with Crippen LogP contribution in [-0.4, -0.2) is 14.0 Å². The Morgan fingerprint density at radius 3 is 2.58 bits per heavy atom. The molecule has 0 spiro atoms. The van der Waals surface area contributed by atoms with E-state index in [0.717, 1.165) is 18.9 Å². The summed E-state index contributed by atoms with van der Waals surface area (Å²) in [5, 5.41) is 0. The van der Waals surface area contributed by atoms with E-state index in [2.05, 4.69) is 4.72 Å². The molecule has 2 rings (SSSR count). The number of hydrogen-bond donors (Lipinski definition) is 2. The molecule has 0 heterocycles. The van der Waals surface area contributed by atoms with Crippen LogP contribution in [0.2, 0.25) is 0 Å². The fourth-order valence-corrected chi connectivity index (χ4v) is 3.77. The molecule has 0 unspecified atom stereocenters. The Bertz CT molecular complexity index is 580. The Morgan fingerprint density at radius 2 is 2.05 bits per heavy atom. The largest absolute Gasteiger partial charge is 0.326 e. The van der Waals surface area contributed by atoms with Crippen molar-refractivity contribution < 1.29 is 12.8 Å². The van der Waals surface area contributed by atoms with E-state index in [1.54, 1.807) is 0 Å². The number of benzene rings is 1. The molecule has 0 bridgehead atoms. The van der Waals surface area contributed by atoms with Crippen molar-refractivity contribution in [1.29, 1.82) is 0 Å². The van der Waals surface area contributed by atoms with Crippen LogP contribution in [0.3, 0.4) is 0 Å². The lowest BCUT2D eigenvalue weighted by Gasteiger charge is -2.26. The highest BCUT2D eigenvalue weighted by Gasteiger charge is 2.41. The summed E-state index contributed by atoms with van der Waals surface area (Å²) in [5.41, 5.74) is 5.50. The molecule has 3 N–H and O–H groups in total. The number of halogens is 1. The fraction of sp³-hybridized carbons (Fsp3) is 0.538. The second-order valence-corrected chi connectivity index (χ2v) is 7.22. The first kappa shape index (κ1) is 14.4. The number of rotatable bonds is 5. The van der Waals surface area contributed by atoms with Crippen LogP contribution < -0.4 is 10.5 Å². The molecular weight excluding hydrogens is 267 g/mol. The van der Waals surface area contributed by atoms with Crippen molar-refractivity contribution in [3.8, 4) is 0 Å². The normalized spacial score (nSPS) is 16.6. The SMILES string of the molecule is CC(C)(NS(=O)(=O)c1cc(CN)ccc1F)C1CC1. The third kappa shape index (κ3) is 3.13. The predicted octanol–water partition coefficient (Wildman–Crippen LogP) is 1.75. The predicted molar refractivity (Wildman–Crippen MR) is 71.4 cm³/mol. The van der Waals surface area contributed by atoms with E-state index < -0.39 is 21.4 Å². The maximum atomic E-state index is 13.7. The van der Waals surface area contributed by atoms with Crippen LogP contribution in [0.15, 0.2) is 23.1 Å². The lowest BCUT2D eigenvalue weighted by atomic mass is 10.0. The fourth-order valence-electron chi connectivity index (χ4n) is 2.17. The Balaban J connectivity index is 2.33. The van der Waals surface area contributed by atoms with E-state index in [0.29, 0.717) is 11.5 Å². The van der Waals surface area contributed by atoms with Crippen LogP contribution in [-0.2, 0) is 16.6 Å². The van der Waals surface area contributed by atoms with Gasteiger partial charge in [0, 0.05) is 12.1 Å². The third-order valence-electron chi connectivity index (χ3n) is 3.52. The summed E-state index contributed by atoms with van der Waals surface area (Å²) in [6.45, 7) is 3.83. The maximum Gasteiger partial charge on any atom is 0.243 e. The van der Waals surface area contributed by atoms with Gasteiger partial charge in [0.15, 0.2) is 0 Å². The second kappa shape index (κ2) is 4.85. The van der Waals surface area contributed by atoms with Crippen molar-refractivity contribution in [3.63, 3.8) is 0 Å². The van der Waals surface area contributed by atoms with Crippen molar-refractivity contribution in [3.05, 3.63) is 29.6 Å². The first-order valence-electron chi connectivity index (χ1n) is 6.29. The highest BCUT2D eigenvalue weighted by Crippen LogP contribution is 2.40. The minimum atomic E-state index is -3.87. The number of hydrogen-bond acceptors (Lipinski definition) is 3. The number of nitrogens with one attached hydrogen (secondary N) is 1. The van der Waals surface area contributed by atoms with E-state index in [-0.39, 0.29) is 11.4 Å². The first-order chi connectivity index (χ1) is 8.76. The Labute approximate surface area is 113 Å². The summed E-state index contributed by atoms with van der Waals surface area (Å²) < 4.78 is 40.9. The van der Waals surface area contributed by atoms with Crippen LogP contribution in [0, 0.1) is 11.7 Å². The van der Waals surface area contributed by atoms with E-state index in [9.17, 15) is 12.8 Å². The zero-order valence-corrected chi connectivity index (χ0v) is 11.9. The van der Waals surface area contributed by atoms with Crippen molar-refractivity contribution >= 4 is 10.0 Å². The molecule has 0 atom stereocenters. The summed E-state index contributed by atoms with van der Waals surface area (Å²) in [6.07, 6.45) is 2.00. The molecule has 0 radical (unpaired) electrons. The van der Waals surface area contributed by atoms with Gasteiger partial charge in [-0.05, 0) is 50.3 Å². The molecule has 6 heteroatoms. The minimum Gasteiger partial charge on any atom is -0.326 e. The molecule has 1 saturated carbocycles. The monoisotopic (exact) mass is 286 g/mol. The molecule has 0 saturated heterocycles. The Morgan fingerprint density at radius 1 is 1.42 bits per heavy atom. The molecule has 1 fully saturated rings. The number of sulfonamides is 1. The van der Waals surface area contributed by atoms with Crippen LogP contribution in [0.5, 0.6) is 0 Å². The van der Waals surface area contributed by atoms with Crippen molar-refractivity contribution in [2.75, 3.05) is 0 Å². The van der Waals surface area contributed by atoms with Gasteiger partial charge in [-0.15, -0.1) is 0 Å². The molecule has 0 aliphatic heterocycles. The molecular formula is C13H19FN2O2S. The van der Waals surface area contributed by atoms with Gasteiger partial charge in [0.25, 0.3) is 0 Å². The van der Waals surface area contributed by atoms with Gasteiger partial charge in [-0.2, -0.15) is 0 Å². The van der Waals surface area contributed by atoms with Crippen LogP contribution in [0.25, 0.3) is 0 Å². The van der Waals surface area contributed by atoms with Gasteiger partial charge in [0.05, 0.1) is 0 Å². The van der Waals surface area contributed by atoms with Crippen molar-refractivity contribution in [1.82, 2.24) is 4.72 Å². The minimum absolute atomic E-state index is 0.175. The topological polar surface area (TPSA) is 72.2 Å². The maximum absolute atomic E-state index is 13.7. The smallest absolute Gasteiger partial charge is 0.243 e. The molecule has 1 aromatic rings. The number of nitrogens with two attached hydrogens (primary N) is 1. The molecule has 106 valence electrons. The van der Waals surface area contributed by atoms with Crippen LogP contribution in [0.1, 0.15) is 32.3 Å². The summed E-state index contributed by atoms with van der Waals surface area (Å²) in [7, 11) is -3.87. The van der Waals surface area contributed by atoms with E-state index >= 15 is 0 Å². The molecule has 0 aromatic heterocycles. The zero-order valence-electron chi connectivity index (χ0n) is 11.1. The molecule has 1 aliphatic carbocycles. The first-order valence-corrected chi connectivity index (χ1v) is 7.77. The molecule has 1 aliphatic rings. The van der Waals surface area contributed by atoms with Gasteiger partial charge >= 0.3 is 0 Å². The summed E-state index contributed by atoms with van der Waals surface area (Å²) in [6, 6.07) is 3.92. The van der Waals surface area contributed by atoms with Crippen LogP contribution >= 0.6 is 0 Å². The molecule has 0 amide bonds. The average Bonchev–Trinajstić information content (AvgIpc) is 3.12. The lowest BCUT2D eigenvalue weighted by molar-refractivity contribution is 0.399. The van der Waals surface area contributed by atoms with Gasteiger partial charge in [-0.1, -0.05) is 6.07 Å². The second-order valence-electron chi connectivity index (χ2n) is 5.57. The molecule has 19 heavy (non-hydrogen) atoms. The van der Waals surface area contributed by atoms with Gasteiger partial charge in [0.1, 0.15) is 10.7 Å². The van der Waals surface area contributed by atoms with Gasteiger partial charge in [-0.3, -0.25) is 0 Å². The van der Waals surface area contributed by atoms with E-state index in [1.165, 1.54) is 12.1 Å². The summed E-state index contributed by atoms with van der Waals surface area (Å²) >= 11 is 0. The highest BCUT2D eigenvalue weighted by atomic mass is 32.2. The van der Waals surface area contributed by atoms with E-state index in [4.69, 9.17) is 5.73 Å². The van der Waals surface area contributed by atoms with Crippen molar-refractivity contribution in [2.45, 2.75) is 43.7 Å². The Kier molecular flexibility index (Phi) is 3.68.